The molecular weight excluding hydrogens is 182 g/mol. The summed E-state index contributed by atoms with van der Waals surface area (Å²) in [4.78, 5) is 11.6. The molecule has 1 aromatic rings. The third kappa shape index (κ3) is 1.67. The highest BCUT2D eigenvalue weighted by Crippen LogP contribution is 2.26. The van der Waals surface area contributed by atoms with Crippen molar-refractivity contribution in [3.63, 3.8) is 0 Å². The Morgan fingerprint density at radius 3 is 3.00 bits per heavy atom. The number of hydrogen-bond donors (Lipinski definition) is 1. The Labute approximate surface area is 82.0 Å². The van der Waals surface area contributed by atoms with Crippen LogP contribution in [0.3, 0.4) is 0 Å². The summed E-state index contributed by atoms with van der Waals surface area (Å²) in [6.45, 7) is 3.74. The highest BCUT2D eigenvalue weighted by Gasteiger charge is 2.24. The summed E-state index contributed by atoms with van der Waals surface area (Å²) in [7, 11) is 0. The first kappa shape index (κ1) is 8.91. The number of aryl methyl sites for hydroxylation is 1. The van der Waals surface area contributed by atoms with E-state index in [9.17, 15) is 4.79 Å². The molecule has 1 aliphatic rings. The summed E-state index contributed by atoms with van der Waals surface area (Å²) >= 11 is 1.68. The number of thiophene rings is 1. The zero-order valence-corrected chi connectivity index (χ0v) is 8.49. The Morgan fingerprint density at radius 1 is 1.54 bits per heavy atom. The van der Waals surface area contributed by atoms with Gasteiger partial charge in [-0.1, -0.05) is 0 Å². The zero-order chi connectivity index (χ0) is 9.26. The van der Waals surface area contributed by atoms with E-state index in [4.69, 9.17) is 0 Å². The summed E-state index contributed by atoms with van der Waals surface area (Å²) in [6.07, 6.45) is 0.681. The molecule has 1 unspecified atom stereocenters. The summed E-state index contributed by atoms with van der Waals surface area (Å²) < 4.78 is 0. The molecule has 0 spiro atoms. The third-order valence-electron chi connectivity index (χ3n) is 2.56. The van der Waals surface area contributed by atoms with Gasteiger partial charge in [0.05, 0.1) is 5.92 Å². The van der Waals surface area contributed by atoms with Crippen molar-refractivity contribution in [3.8, 4) is 0 Å². The fourth-order valence-corrected chi connectivity index (χ4v) is 2.66. The second-order valence-corrected chi connectivity index (χ2v) is 4.23. The van der Waals surface area contributed by atoms with Crippen LogP contribution in [-0.2, 0) is 4.79 Å². The minimum Gasteiger partial charge on any atom is -0.315 e. The van der Waals surface area contributed by atoms with E-state index in [1.165, 1.54) is 11.1 Å². The van der Waals surface area contributed by atoms with Crippen LogP contribution in [0.4, 0.5) is 0 Å². The lowest BCUT2D eigenvalue weighted by atomic mass is 9.90. The lowest BCUT2D eigenvalue weighted by molar-refractivity contribution is -0.121. The standard InChI is InChI=1S/C10H13NOS/c1-7-5-13-6-9(7)8-4-11-3-2-10(8)12/h5-6,8,11H,2-4H2,1H3. The van der Waals surface area contributed by atoms with Gasteiger partial charge in [0.15, 0.2) is 0 Å². The summed E-state index contributed by atoms with van der Waals surface area (Å²) in [5.41, 5.74) is 2.48. The van der Waals surface area contributed by atoms with Gasteiger partial charge in [-0.3, -0.25) is 4.79 Å². The van der Waals surface area contributed by atoms with Crippen LogP contribution in [0.2, 0.25) is 0 Å². The molecule has 0 aromatic carbocycles. The second-order valence-electron chi connectivity index (χ2n) is 3.48. The Morgan fingerprint density at radius 2 is 2.38 bits per heavy atom. The summed E-state index contributed by atoms with van der Waals surface area (Å²) in [5, 5.41) is 7.47. The lowest BCUT2D eigenvalue weighted by Gasteiger charge is -2.21. The van der Waals surface area contributed by atoms with E-state index in [1.807, 2.05) is 0 Å². The molecule has 70 valence electrons. The summed E-state index contributed by atoms with van der Waals surface area (Å²) in [5.74, 6) is 0.500. The Bertz CT molecular complexity index is 318. The van der Waals surface area contributed by atoms with Crippen LogP contribution in [0, 0.1) is 6.92 Å². The normalized spacial score (nSPS) is 23.5. The zero-order valence-electron chi connectivity index (χ0n) is 7.67. The molecule has 1 N–H and O–H groups in total. The van der Waals surface area contributed by atoms with Gasteiger partial charge in [0.1, 0.15) is 5.78 Å². The number of carbonyl (C=O) groups is 1. The molecule has 0 bridgehead atoms. The van der Waals surface area contributed by atoms with Gasteiger partial charge in [0, 0.05) is 19.5 Å². The Hall–Kier alpha value is -0.670. The van der Waals surface area contributed by atoms with Crippen molar-refractivity contribution in [2.75, 3.05) is 13.1 Å². The lowest BCUT2D eigenvalue weighted by Crippen LogP contribution is -2.35. The smallest absolute Gasteiger partial charge is 0.142 e. The number of Topliss-reactive ketones (excluding diaryl/α,β-unsaturated/α-hetero) is 1. The molecule has 1 atom stereocenters. The van der Waals surface area contributed by atoms with Crippen molar-refractivity contribution >= 4 is 17.1 Å². The maximum absolute atomic E-state index is 11.6. The molecular formula is C10H13NOS. The van der Waals surface area contributed by atoms with Gasteiger partial charge in [0.2, 0.25) is 0 Å². The molecule has 0 amide bonds. The number of hydrogen-bond acceptors (Lipinski definition) is 3. The molecule has 1 saturated heterocycles. The van der Waals surface area contributed by atoms with Crippen molar-refractivity contribution in [2.24, 2.45) is 0 Å². The Balaban J connectivity index is 2.24. The number of piperidine rings is 1. The maximum atomic E-state index is 11.6. The molecule has 1 aromatic heterocycles. The number of ketones is 1. The SMILES string of the molecule is Cc1cscc1C1CNCCC1=O. The van der Waals surface area contributed by atoms with Crippen molar-refractivity contribution in [1.82, 2.24) is 5.32 Å². The summed E-state index contributed by atoms with van der Waals surface area (Å²) in [6, 6.07) is 0. The molecule has 1 fully saturated rings. The first-order valence-electron chi connectivity index (χ1n) is 4.55. The van der Waals surface area contributed by atoms with Gasteiger partial charge in [-0.2, -0.15) is 11.3 Å². The van der Waals surface area contributed by atoms with Gasteiger partial charge in [0.25, 0.3) is 0 Å². The van der Waals surface area contributed by atoms with Crippen LogP contribution in [0.1, 0.15) is 23.5 Å². The van der Waals surface area contributed by atoms with E-state index >= 15 is 0 Å². The van der Waals surface area contributed by atoms with E-state index < -0.39 is 0 Å². The van der Waals surface area contributed by atoms with Gasteiger partial charge in [-0.25, -0.2) is 0 Å². The largest absolute Gasteiger partial charge is 0.315 e. The molecule has 0 saturated carbocycles. The third-order valence-corrected chi connectivity index (χ3v) is 3.44. The van der Waals surface area contributed by atoms with E-state index in [1.54, 1.807) is 11.3 Å². The predicted molar refractivity (Wildman–Crippen MR) is 54.3 cm³/mol. The molecule has 2 heterocycles. The molecule has 0 aliphatic carbocycles. The van der Waals surface area contributed by atoms with Crippen molar-refractivity contribution in [1.29, 1.82) is 0 Å². The van der Waals surface area contributed by atoms with E-state index in [0.717, 1.165) is 13.1 Å². The highest BCUT2D eigenvalue weighted by atomic mass is 32.1. The molecule has 0 radical (unpaired) electrons. The van der Waals surface area contributed by atoms with Gasteiger partial charge >= 0.3 is 0 Å². The minimum atomic E-state index is 0.111. The average Bonchev–Trinajstić information content (AvgIpc) is 2.52. The highest BCUT2D eigenvalue weighted by molar-refractivity contribution is 7.08. The maximum Gasteiger partial charge on any atom is 0.142 e. The minimum absolute atomic E-state index is 0.111. The quantitative estimate of drug-likeness (QED) is 0.739. The van der Waals surface area contributed by atoms with Crippen molar-refractivity contribution in [2.45, 2.75) is 19.3 Å². The van der Waals surface area contributed by atoms with Gasteiger partial charge < -0.3 is 5.32 Å². The average molecular weight is 195 g/mol. The predicted octanol–water partition coefficient (Wildman–Crippen LogP) is 1.70. The molecule has 13 heavy (non-hydrogen) atoms. The fourth-order valence-electron chi connectivity index (χ4n) is 1.76. The first-order valence-corrected chi connectivity index (χ1v) is 5.49. The molecule has 3 heteroatoms. The van der Waals surface area contributed by atoms with Crippen LogP contribution >= 0.6 is 11.3 Å². The molecule has 1 aliphatic heterocycles. The van der Waals surface area contributed by atoms with Crippen LogP contribution in [0.25, 0.3) is 0 Å². The fraction of sp³-hybridized carbons (Fsp3) is 0.500. The Kier molecular flexibility index (Phi) is 2.47. The van der Waals surface area contributed by atoms with Gasteiger partial charge in [-0.05, 0) is 28.8 Å². The topological polar surface area (TPSA) is 29.1 Å². The van der Waals surface area contributed by atoms with Crippen LogP contribution in [0.5, 0.6) is 0 Å². The number of rotatable bonds is 1. The van der Waals surface area contributed by atoms with Crippen molar-refractivity contribution < 1.29 is 4.79 Å². The van der Waals surface area contributed by atoms with Crippen LogP contribution in [-0.4, -0.2) is 18.9 Å². The van der Waals surface area contributed by atoms with E-state index in [0.29, 0.717) is 12.2 Å². The number of nitrogens with one attached hydrogen (secondary N) is 1. The van der Waals surface area contributed by atoms with E-state index in [2.05, 4.69) is 23.0 Å². The molecule has 2 rings (SSSR count). The van der Waals surface area contributed by atoms with Crippen LogP contribution in [0.15, 0.2) is 10.8 Å². The van der Waals surface area contributed by atoms with Crippen LogP contribution < -0.4 is 5.32 Å². The van der Waals surface area contributed by atoms with Gasteiger partial charge in [-0.15, -0.1) is 0 Å². The van der Waals surface area contributed by atoms with Crippen molar-refractivity contribution in [3.05, 3.63) is 21.9 Å². The molecule has 2 nitrogen and oxygen atoms in total. The van der Waals surface area contributed by atoms with E-state index in [-0.39, 0.29) is 5.92 Å². The number of carbonyl (C=O) groups excluding carboxylic acids is 1. The monoisotopic (exact) mass is 195 g/mol. The first-order chi connectivity index (χ1) is 6.29. The second kappa shape index (κ2) is 3.60.